The van der Waals surface area contributed by atoms with E-state index in [2.05, 4.69) is 38.2 Å². The van der Waals surface area contributed by atoms with Crippen LogP contribution in [0.4, 0.5) is 0 Å². The first-order valence-electron chi connectivity index (χ1n) is 25.5. The molecule has 0 amide bonds. The van der Waals surface area contributed by atoms with Gasteiger partial charge in [-0.1, -0.05) is 199 Å². The average molecular weight is 864 g/mol. The van der Waals surface area contributed by atoms with Crippen molar-refractivity contribution in [2.45, 2.75) is 245 Å². The lowest BCUT2D eigenvalue weighted by atomic mass is 10.0. The lowest BCUT2D eigenvalue weighted by Gasteiger charge is -2.26. The van der Waals surface area contributed by atoms with Crippen molar-refractivity contribution in [1.82, 2.24) is 0 Å². The quantitative estimate of drug-likeness (QED) is 0.0195. The van der Waals surface area contributed by atoms with Gasteiger partial charge in [0, 0.05) is 12.8 Å². The Morgan fingerprint density at radius 3 is 1.30 bits per heavy atom. The summed E-state index contributed by atoms with van der Waals surface area (Å²) in [5.41, 5.74) is 0. The molecule has 9 nitrogen and oxygen atoms in total. The number of hydrogen-bond donors (Lipinski definition) is 0. The summed E-state index contributed by atoms with van der Waals surface area (Å²) in [6, 6.07) is 0. The Morgan fingerprint density at radius 2 is 0.885 bits per heavy atom. The predicted octanol–water partition coefficient (Wildman–Crippen LogP) is 12.7. The van der Waals surface area contributed by atoms with Crippen molar-refractivity contribution in [3.05, 3.63) is 24.3 Å². The van der Waals surface area contributed by atoms with Crippen LogP contribution in [0, 0.1) is 0 Å². The summed E-state index contributed by atoms with van der Waals surface area (Å²) in [6.45, 7) is 4.75. The van der Waals surface area contributed by atoms with Gasteiger partial charge < -0.3 is 33.3 Å². The van der Waals surface area contributed by atoms with E-state index in [0.29, 0.717) is 23.9 Å². The van der Waals surface area contributed by atoms with Gasteiger partial charge in [0.05, 0.1) is 40.3 Å². The van der Waals surface area contributed by atoms with E-state index >= 15 is 0 Å². The fourth-order valence-corrected chi connectivity index (χ4v) is 7.21. The van der Waals surface area contributed by atoms with Gasteiger partial charge in [0.15, 0.2) is 12.4 Å². The van der Waals surface area contributed by atoms with Crippen LogP contribution in [0.3, 0.4) is 0 Å². The number of esters is 2. The number of carbonyl (C=O) groups is 3. The largest absolute Gasteiger partial charge is 0.545 e. The Labute approximate surface area is 376 Å². The van der Waals surface area contributed by atoms with Crippen molar-refractivity contribution in [2.75, 3.05) is 47.5 Å². The molecular formula is C52H97NO8. The summed E-state index contributed by atoms with van der Waals surface area (Å²) >= 11 is 0. The van der Waals surface area contributed by atoms with Crippen LogP contribution < -0.4 is 5.11 Å². The van der Waals surface area contributed by atoms with Crippen molar-refractivity contribution in [3.63, 3.8) is 0 Å². The van der Waals surface area contributed by atoms with Crippen LogP contribution in [0.15, 0.2) is 24.3 Å². The Morgan fingerprint density at radius 1 is 0.492 bits per heavy atom. The molecule has 0 aromatic carbocycles. The van der Waals surface area contributed by atoms with Crippen LogP contribution in [0.25, 0.3) is 0 Å². The Balaban J connectivity index is 4.33. The first-order valence-corrected chi connectivity index (χ1v) is 25.5. The van der Waals surface area contributed by atoms with Gasteiger partial charge in [-0.05, 0) is 44.9 Å². The first kappa shape index (κ1) is 58.8. The van der Waals surface area contributed by atoms with E-state index in [0.717, 1.165) is 51.4 Å². The zero-order valence-corrected chi connectivity index (χ0v) is 40.5. The molecule has 2 unspecified atom stereocenters. The van der Waals surface area contributed by atoms with Crippen molar-refractivity contribution >= 4 is 17.9 Å². The fraction of sp³-hybridized carbons (Fsp3) is 0.865. The summed E-state index contributed by atoms with van der Waals surface area (Å²) in [6.07, 6.45) is 46.3. The second-order valence-corrected chi connectivity index (χ2v) is 18.5. The molecule has 2 atom stereocenters. The third-order valence-corrected chi connectivity index (χ3v) is 11.2. The summed E-state index contributed by atoms with van der Waals surface area (Å²) in [5.74, 6) is -2.28. The van der Waals surface area contributed by atoms with Crippen LogP contribution in [-0.2, 0) is 33.3 Å². The third kappa shape index (κ3) is 45.6. The van der Waals surface area contributed by atoms with Gasteiger partial charge in [-0.15, -0.1) is 0 Å². The molecule has 0 heterocycles. The molecule has 0 saturated heterocycles. The Hall–Kier alpha value is -2.23. The van der Waals surface area contributed by atoms with Crippen molar-refractivity contribution < 1.29 is 42.9 Å². The molecule has 0 aromatic rings. The van der Waals surface area contributed by atoms with Gasteiger partial charge >= 0.3 is 11.9 Å². The number of likely N-dealkylation sites (N-methyl/N-ethyl adjacent to an activating group) is 1. The summed E-state index contributed by atoms with van der Waals surface area (Å²) in [7, 11) is 5.92. The molecule has 358 valence electrons. The number of carboxylic acids is 1. The highest BCUT2D eigenvalue weighted by atomic mass is 16.7. The molecular weight excluding hydrogens is 767 g/mol. The number of nitrogens with zero attached hydrogens (tertiary/aromatic N) is 1. The van der Waals surface area contributed by atoms with E-state index in [4.69, 9.17) is 18.9 Å². The lowest BCUT2D eigenvalue weighted by Crippen LogP contribution is -2.44. The Kier molecular flexibility index (Phi) is 42.8. The topological polar surface area (TPSA) is 111 Å². The van der Waals surface area contributed by atoms with Gasteiger partial charge in [-0.25, -0.2) is 0 Å². The molecule has 0 spiro atoms. The number of hydrogen-bond acceptors (Lipinski definition) is 8. The normalized spacial score (nSPS) is 13.0. The molecule has 0 aliphatic carbocycles. The number of ether oxygens (including phenoxy) is 4. The smallest absolute Gasteiger partial charge is 0.306 e. The van der Waals surface area contributed by atoms with E-state index in [9.17, 15) is 19.5 Å². The molecule has 0 aromatic heterocycles. The van der Waals surface area contributed by atoms with Crippen LogP contribution in [-0.4, -0.2) is 82.3 Å². The molecule has 61 heavy (non-hydrogen) atoms. The number of quaternary nitrogens is 1. The second kappa shape index (κ2) is 44.4. The molecule has 9 heteroatoms. The fourth-order valence-electron chi connectivity index (χ4n) is 7.21. The zero-order valence-electron chi connectivity index (χ0n) is 40.5. The minimum absolute atomic E-state index is 0.149. The van der Waals surface area contributed by atoms with E-state index in [1.54, 1.807) is 0 Å². The first-order chi connectivity index (χ1) is 29.6. The predicted molar refractivity (Wildman–Crippen MR) is 251 cm³/mol. The average Bonchev–Trinajstić information content (AvgIpc) is 3.22. The van der Waals surface area contributed by atoms with Crippen LogP contribution in [0.5, 0.6) is 0 Å². The maximum atomic E-state index is 12.8. The summed E-state index contributed by atoms with van der Waals surface area (Å²) in [4.78, 5) is 37.1. The van der Waals surface area contributed by atoms with E-state index in [1.165, 1.54) is 148 Å². The number of carboxylic acid groups (broad SMARTS) is 1. The minimum atomic E-state index is -1.62. The maximum absolute atomic E-state index is 12.8. The zero-order chi connectivity index (χ0) is 44.9. The maximum Gasteiger partial charge on any atom is 0.306 e. The molecule has 0 bridgehead atoms. The molecule has 0 fully saturated rings. The number of allylic oxidation sites excluding steroid dienone is 4. The van der Waals surface area contributed by atoms with Gasteiger partial charge in [0.25, 0.3) is 0 Å². The van der Waals surface area contributed by atoms with Crippen LogP contribution >= 0.6 is 0 Å². The SMILES string of the molecule is CCCCCCC/C=C\C/C=C\CCCCCCCCCCCC(=O)OC(COC(=O)CCCCCCCCCCCCCCCCC)COC(OCC[N+](C)(C)C)C(=O)[O-]. The molecule has 0 N–H and O–H groups in total. The van der Waals surface area contributed by atoms with Gasteiger partial charge in [0.1, 0.15) is 13.2 Å². The van der Waals surface area contributed by atoms with Gasteiger partial charge in [-0.2, -0.15) is 0 Å². The number of aliphatic carboxylic acids is 1. The number of unbranched alkanes of at least 4 members (excludes halogenated alkanes) is 28. The highest BCUT2D eigenvalue weighted by Crippen LogP contribution is 2.16. The highest BCUT2D eigenvalue weighted by molar-refractivity contribution is 5.70. The molecule has 0 saturated carbocycles. The second-order valence-electron chi connectivity index (χ2n) is 18.5. The highest BCUT2D eigenvalue weighted by Gasteiger charge is 2.22. The van der Waals surface area contributed by atoms with E-state index < -0.39 is 24.3 Å². The van der Waals surface area contributed by atoms with E-state index in [1.807, 2.05) is 21.1 Å². The van der Waals surface area contributed by atoms with Gasteiger partial charge in [0.2, 0.25) is 0 Å². The van der Waals surface area contributed by atoms with Gasteiger partial charge in [-0.3, -0.25) is 9.59 Å². The van der Waals surface area contributed by atoms with Crippen molar-refractivity contribution in [3.8, 4) is 0 Å². The van der Waals surface area contributed by atoms with Crippen molar-refractivity contribution in [2.24, 2.45) is 0 Å². The molecule has 0 rings (SSSR count). The summed E-state index contributed by atoms with van der Waals surface area (Å²) in [5, 5.41) is 11.7. The lowest BCUT2D eigenvalue weighted by molar-refractivity contribution is -0.870. The van der Waals surface area contributed by atoms with Crippen LogP contribution in [0.1, 0.15) is 232 Å². The summed E-state index contributed by atoms with van der Waals surface area (Å²) < 4.78 is 22.6. The monoisotopic (exact) mass is 864 g/mol. The van der Waals surface area contributed by atoms with Crippen LogP contribution in [0.2, 0.25) is 0 Å². The number of carbonyl (C=O) groups excluding carboxylic acids is 3. The third-order valence-electron chi connectivity index (χ3n) is 11.2. The Bertz CT molecular complexity index is 1050. The van der Waals surface area contributed by atoms with E-state index in [-0.39, 0.29) is 32.2 Å². The molecule has 0 radical (unpaired) electrons. The van der Waals surface area contributed by atoms with Crippen molar-refractivity contribution in [1.29, 1.82) is 0 Å². The minimum Gasteiger partial charge on any atom is -0.545 e. The number of rotatable bonds is 47. The standard InChI is InChI=1S/C52H97NO8/c1-6-8-10-12-14-16-18-20-22-23-24-25-26-27-29-31-33-35-37-39-41-43-50(55)61-48(47-60-52(51(56)57)58-45-44-53(3,4)5)46-59-49(54)42-40-38-36-34-32-30-28-21-19-17-15-13-11-9-7-2/h18,20,23-24,48,52H,6-17,19,21-22,25-47H2,1-5H3/b20-18-,24-23-. The molecule has 0 aliphatic rings. The molecule has 0 aliphatic heterocycles.